The number of aryl methyl sites for hydroxylation is 1. The van der Waals surface area contributed by atoms with Crippen molar-refractivity contribution in [3.8, 4) is 17.8 Å². The van der Waals surface area contributed by atoms with E-state index in [-0.39, 0.29) is 28.7 Å². The Bertz CT molecular complexity index is 774. The predicted molar refractivity (Wildman–Crippen MR) is 82.2 cm³/mol. The van der Waals surface area contributed by atoms with Crippen molar-refractivity contribution in [2.45, 2.75) is 33.1 Å². The van der Waals surface area contributed by atoms with E-state index in [1.807, 2.05) is 20.8 Å². The summed E-state index contributed by atoms with van der Waals surface area (Å²) >= 11 is 0. The van der Waals surface area contributed by atoms with Crippen molar-refractivity contribution >= 4 is 11.5 Å². The van der Waals surface area contributed by atoms with Crippen molar-refractivity contribution in [3.63, 3.8) is 0 Å². The van der Waals surface area contributed by atoms with Crippen LogP contribution in [-0.4, -0.2) is 31.7 Å². The van der Waals surface area contributed by atoms with Crippen LogP contribution in [0.5, 0.6) is 11.8 Å². The van der Waals surface area contributed by atoms with Gasteiger partial charge in [-0.15, -0.1) is 15.3 Å². The summed E-state index contributed by atoms with van der Waals surface area (Å²) in [6, 6.07) is 2.08. The summed E-state index contributed by atoms with van der Waals surface area (Å²) in [6.07, 6.45) is 0. The molecule has 0 aliphatic rings. The highest BCUT2D eigenvalue weighted by Gasteiger charge is 2.25. The second-order valence-electron chi connectivity index (χ2n) is 5.89. The number of azo groups is 1. The second kappa shape index (κ2) is 6.08. The van der Waals surface area contributed by atoms with Crippen LogP contribution >= 0.6 is 0 Å². The van der Waals surface area contributed by atoms with Gasteiger partial charge in [-0.05, 0) is 6.92 Å². The lowest BCUT2D eigenvalue weighted by Gasteiger charge is -2.14. The zero-order chi connectivity index (χ0) is 17.2. The Morgan fingerprint density at radius 2 is 2.09 bits per heavy atom. The van der Waals surface area contributed by atoms with E-state index in [0.717, 1.165) is 0 Å². The van der Waals surface area contributed by atoms with Crippen LogP contribution in [0.25, 0.3) is 0 Å². The van der Waals surface area contributed by atoms with Crippen molar-refractivity contribution in [2.24, 2.45) is 17.3 Å². The number of rotatable bonds is 4. The van der Waals surface area contributed by atoms with E-state index in [1.165, 1.54) is 4.68 Å². The Kier molecular flexibility index (Phi) is 4.36. The van der Waals surface area contributed by atoms with Gasteiger partial charge >= 0.3 is 0 Å². The first kappa shape index (κ1) is 16.5. The Morgan fingerprint density at radius 1 is 1.39 bits per heavy atom. The molecule has 2 aromatic heterocycles. The molecule has 0 bridgehead atoms. The molecule has 9 nitrogen and oxygen atoms in total. The number of aromatic nitrogens is 4. The highest BCUT2D eigenvalue weighted by atomic mass is 16.5. The van der Waals surface area contributed by atoms with Crippen LogP contribution < -0.4 is 4.74 Å². The Hall–Kier alpha value is -2.89. The highest BCUT2D eigenvalue weighted by Crippen LogP contribution is 2.37. The zero-order valence-corrected chi connectivity index (χ0v) is 13.7. The van der Waals surface area contributed by atoms with Crippen LogP contribution in [0.15, 0.2) is 10.2 Å². The number of aromatic hydroxyl groups is 1. The molecule has 23 heavy (non-hydrogen) atoms. The summed E-state index contributed by atoms with van der Waals surface area (Å²) in [5.41, 5.74) is 0.726. The SMILES string of the molecule is CCOc1nn(C)c(O)c1/N=N/c1[nH]nc(C(C)(C)C)c1C#N. The average Bonchev–Trinajstić information content (AvgIpc) is 3.00. The predicted octanol–water partition coefficient (Wildman–Crippen LogP) is 2.83. The summed E-state index contributed by atoms with van der Waals surface area (Å²) in [5.74, 6) is 0.222. The Morgan fingerprint density at radius 3 is 2.65 bits per heavy atom. The third-order valence-electron chi connectivity index (χ3n) is 3.06. The molecule has 122 valence electrons. The van der Waals surface area contributed by atoms with Crippen LogP contribution in [0.2, 0.25) is 0 Å². The van der Waals surface area contributed by atoms with Gasteiger partial charge < -0.3 is 9.84 Å². The molecule has 2 heterocycles. The fourth-order valence-electron chi connectivity index (χ4n) is 1.96. The molecule has 9 heteroatoms. The fourth-order valence-corrected chi connectivity index (χ4v) is 1.96. The Labute approximate surface area is 133 Å². The number of H-pyrrole nitrogens is 1. The summed E-state index contributed by atoms with van der Waals surface area (Å²) in [5, 5.41) is 38.1. The minimum atomic E-state index is -0.303. The quantitative estimate of drug-likeness (QED) is 0.839. The van der Waals surface area contributed by atoms with Gasteiger partial charge in [0.1, 0.15) is 11.6 Å². The maximum absolute atomic E-state index is 9.96. The summed E-state index contributed by atoms with van der Waals surface area (Å²) in [7, 11) is 1.56. The molecule has 0 atom stereocenters. The number of hydrogen-bond acceptors (Lipinski definition) is 7. The van der Waals surface area contributed by atoms with Gasteiger partial charge in [0.25, 0.3) is 5.88 Å². The molecule has 0 spiro atoms. The van der Waals surface area contributed by atoms with E-state index in [4.69, 9.17) is 4.74 Å². The van der Waals surface area contributed by atoms with Crippen molar-refractivity contribution < 1.29 is 9.84 Å². The normalized spacial score (nSPS) is 11.8. The molecule has 2 aromatic rings. The Balaban J connectivity index is 2.43. The van der Waals surface area contributed by atoms with Crippen molar-refractivity contribution in [1.29, 1.82) is 5.26 Å². The van der Waals surface area contributed by atoms with Crippen LogP contribution in [0.3, 0.4) is 0 Å². The molecule has 0 radical (unpaired) electrons. The van der Waals surface area contributed by atoms with Crippen molar-refractivity contribution in [1.82, 2.24) is 20.0 Å². The highest BCUT2D eigenvalue weighted by molar-refractivity contribution is 5.57. The van der Waals surface area contributed by atoms with E-state index in [2.05, 4.69) is 31.6 Å². The van der Waals surface area contributed by atoms with E-state index in [0.29, 0.717) is 17.9 Å². The summed E-state index contributed by atoms with van der Waals surface area (Å²) in [6.45, 7) is 8.02. The number of aromatic amines is 1. The van der Waals surface area contributed by atoms with Crippen LogP contribution in [0.4, 0.5) is 11.5 Å². The molecule has 0 aromatic carbocycles. The number of nitrogens with zero attached hydrogens (tertiary/aromatic N) is 6. The van der Waals surface area contributed by atoms with Gasteiger partial charge in [0.2, 0.25) is 11.6 Å². The molecule has 2 rings (SSSR count). The molecule has 2 N–H and O–H groups in total. The van der Waals surface area contributed by atoms with Crippen LogP contribution in [0.1, 0.15) is 39.0 Å². The third kappa shape index (κ3) is 3.15. The fraction of sp³-hybridized carbons (Fsp3) is 0.500. The van der Waals surface area contributed by atoms with Gasteiger partial charge in [-0.1, -0.05) is 20.8 Å². The zero-order valence-electron chi connectivity index (χ0n) is 13.7. The minimum Gasteiger partial charge on any atom is -0.492 e. The van der Waals surface area contributed by atoms with E-state index >= 15 is 0 Å². The molecule has 0 aliphatic heterocycles. The number of nitriles is 1. The third-order valence-corrected chi connectivity index (χ3v) is 3.06. The molecule has 0 aliphatic carbocycles. The number of hydrogen-bond donors (Lipinski definition) is 2. The molecule has 0 saturated heterocycles. The number of nitrogens with one attached hydrogen (secondary N) is 1. The van der Waals surface area contributed by atoms with Crippen molar-refractivity contribution in [2.75, 3.05) is 6.61 Å². The first-order valence-electron chi connectivity index (χ1n) is 7.09. The van der Waals surface area contributed by atoms with Gasteiger partial charge in [0.05, 0.1) is 12.3 Å². The lowest BCUT2D eigenvalue weighted by Crippen LogP contribution is -2.13. The van der Waals surface area contributed by atoms with Crippen LogP contribution in [-0.2, 0) is 12.5 Å². The largest absolute Gasteiger partial charge is 0.492 e. The van der Waals surface area contributed by atoms with Crippen molar-refractivity contribution in [3.05, 3.63) is 11.3 Å². The smallest absolute Gasteiger partial charge is 0.265 e. The summed E-state index contributed by atoms with van der Waals surface area (Å²) in [4.78, 5) is 0. The molecular weight excluding hydrogens is 298 g/mol. The minimum absolute atomic E-state index is 0.102. The number of ether oxygens (including phenoxy) is 1. The van der Waals surface area contributed by atoms with Gasteiger partial charge in [0, 0.05) is 12.5 Å². The van der Waals surface area contributed by atoms with Gasteiger partial charge in [-0.3, -0.25) is 5.10 Å². The van der Waals surface area contributed by atoms with Gasteiger partial charge in [-0.2, -0.15) is 10.4 Å². The lowest BCUT2D eigenvalue weighted by molar-refractivity contribution is 0.323. The molecule has 0 fully saturated rings. The molecule has 0 unspecified atom stereocenters. The van der Waals surface area contributed by atoms with Gasteiger partial charge in [0.15, 0.2) is 5.82 Å². The van der Waals surface area contributed by atoms with Gasteiger partial charge in [-0.25, -0.2) is 4.68 Å². The van der Waals surface area contributed by atoms with E-state index in [9.17, 15) is 10.4 Å². The average molecular weight is 317 g/mol. The standard InChI is InChI=1S/C14H19N7O2/c1-6-23-12-9(13(22)21(5)20-12)16-18-11-8(7-15)10(17-19-11)14(2,3)4/h22H,6H2,1-5H3,(H,17,19)/b18-16+. The topological polar surface area (TPSA) is 124 Å². The molecular formula is C14H19N7O2. The maximum Gasteiger partial charge on any atom is 0.265 e. The molecule has 0 amide bonds. The second-order valence-corrected chi connectivity index (χ2v) is 5.89. The monoisotopic (exact) mass is 317 g/mol. The first-order valence-corrected chi connectivity index (χ1v) is 7.09. The first-order chi connectivity index (χ1) is 10.8. The van der Waals surface area contributed by atoms with E-state index < -0.39 is 0 Å². The summed E-state index contributed by atoms with van der Waals surface area (Å²) < 4.78 is 6.54. The lowest BCUT2D eigenvalue weighted by atomic mass is 9.90. The molecule has 0 saturated carbocycles. The van der Waals surface area contributed by atoms with Crippen LogP contribution in [0, 0.1) is 11.3 Å². The maximum atomic E-state index is 9.96. The van der Waals surface area contributed by atoms with E-state index in [1.54, 1.807) is 14.0 Å².